The lowest BCUT2D eigenvalue weighted by Gasteiger charge is -2.18. The number of hydrogen-bond donors (Lipinski definition) is 1. The van der Waals surface area contributed by atoms with Gasteiger partial charge in [0.1, 0.15) is 18.0 Å². The molecule has 0 atom stereocenters. The Labute approximate surface area is 115 Å². The van der Waals surface area contributed by atoms with Crippen molar-refractivity contribution in [2.45, 2.75) is 25.7 Å². The van der Waals surface area contributed by atoms with Crippen LogP contribution in [-0.4, -0.2) is 9.97 Å². The summed E-state index contributed by atoms with van der Waals surface area (Å²) in [6.45, 7) is 0. The SMILES string of the molecule is Fc1ccc(Nc2ncnc3c2CCCC3)cc1Cl. The summed E-state index contributed by atoms with van der Waals surface area (Å²) in [6.07, 6.45) is 5.87. The van der Waals surface area contributed by atoms with Gasteiger partial charge in [-0.05, 0) is 43.9 Å². The first-order chi connectivity index (χ1) is 9.24. The lowest BCUT2D eigenvalue weighted by Crippen LogP contribution is -2.10. The Hall–Kier alpha value is -1.68. The van der Waals surface area contributed by atoms with Crippen LogP contribution in [0, 0.1) is 5.82 Å². The summed E-state index contributed by atoms with van der Waals surface area (Å²) in [4.78, 5) is 8.60. The molecule has 2 aromatic rings. The quantitative estimate of drug-likeness (QED) is 0.905. The number of rotatable bonds is 2. The molecule has 1 heterocycles. The average Bonchev–Trinajstić information content (AvgIpc) is 2.43. The van der Waals surface area contributed by atoms with E-state index in [0.29, 0.717) is 0 Å². The van der Waals surface area contributed by atoms with Crippen LogP contribution in [0.4, 0.5) is 15.9 Å². The van der Waals surface area contributed by atoms with E-state index in [2.05, 4.69) is 15.3 Å². The first kappa shape index (κ1) is 12.4. The van der Waals surface area contributed by atoms with Crippen LogP contribution >= 0.6 is 11.6 Å². The number of aryl methyl sites for hydroxylation is 1. The third kappa shape index (κ3) is 2.54. The van der Waals surface area contributed by atoms with Crippen LogP contribution in [0.25, 0.3) is 0 Å². The van der Waals surface area contributed by atoms with Crippen LogP contribution in [0.3, 0.4) is 0 Å². The standard InChI is InChI=1S/C14H13ClFN3/c15-11-7-9(5-6-12(11)16)19-14-10-3-1-2-4-13(10)17-8-18-14/h5-8H,1-4H2,(H,17,18,19). The fraction of sp³-hybridized carbons (Fsp3) is 0.286. The van der Waals surface area contributed by atoms with Gasteiger partial charge < -0.3 is 5.32 Å². The number of hydrogen-bond acceptors (Lipinski definition) is 3. The Bertz CT molecular complexity index is 616. The zero-order valence-corrected chi connectivity index (χ0v) is 11.0. The predicted octanol–water partition coefficient (Wildman–Crippen LogP) is 3.89. The molecule has 0 fully saturated rings. The van der Waals surface area contributed by atoms with Crippen LogP contribution in [0.5, 0.6) is 0 Å². The molecule has 3 nitrogen and oxygen atoms in total. The summed E-state index contributed by atoms with van der Waals surface area (Å²) in [5.41, 5.74) is 3.00. The van der Waals surface area contributed by atoms with E-state index in [1.807, 2.05) is 0 Å². The molecular formula is C14H13ClFN3. The van der Waals surface area contributed by atoms with E-state index in [1.54, 1.807) is 18.5 Å². The second kappa shape index (κ2) is 5.13. The van der Waals surface area contributed by atoms with Crippen molar-refractivity contribution >= 4 is 23.1 Å². The van der Waals surface area contributed by atoms with Crippen LogP contribution < -0.4 is 5.32 Å². The molecular weight excluding hydrogens is 265 g/mol. The van der Waals surface area contributed by atoms with Gasteiger partial charge in [0.25, 0.3) is 0 Å². The van der Waals surface area contributed by atoms with Gasteiger partial charge in [0, 0.05) is 16.9 Å². The van der Waals surface area contributed by atoms with Gasteiger partial charge >= 0.3 is 0 Å². The highest BCUT2D eigenvalue weighted by molar-refractivity contribution is 6.31. The number of anilines is 2. The first-order valence-electron chi connectivity index (χ1n) is 6.29. The van der Waals surface area contributed by atoms with Gasteiger partial charge in [-0.25, -0.2) is 14.4 Å². The van der Waals surface area contributed by atoms with Gasteiger partial charge in [0.05, 0.1) is 5.02 Å². The van der Waals surface area contributed by atoms with E-state index >= 15 is 0 Å². The largest absolute Gasteiger partial charge is 0.340 e. The molecule has 19 heavy (non-hydrogen) atoms. The highest BCUT2D eigenvalue weighted by atomic mass is 35.5. The number of halogens is 2. The van der Waals surface area contributed by atoms with Gasteiger partial charge in [-0.1, -0.05) is 11.6 Å². The minimum Gasteiger partial charge on any atom is -0.340 e. The number of fused-ring (bicyclic) bond motifs is 1. The van der Waals surface area contributed by atoms with E-state index in [1.165, 1.54) is 12.5 Å². The topological polar surface area (TPSA) is 37.8 Å². The molecule has 0 saturated heterocycles. The lowest BCUT2D eigenvalue weighted by atomic mass is 9.96. The Morgan fingerprint density at radius 1 is 1.16 bits per heavy atom. The summed E-state index contributed by atoms with van der Waals surface area (Å²) >= 11 is 5.78. The Balaban J connectivity index is 1.92. The lowest BCUT2D eigenvalue weighted by molar-refractivity contribution is 0.628. The van der Waals surface area contributed by atoms with Gasteiger partial charge in [0.2, 0.25) is 0 Å². The molecule has 0 aliphatic heterocycles. The molecule has 0 bridgehead atoms. The second-order valence-corrected chi connectivity index (χ2v) is 5.02. The molecule has 1 aliphatic carbocycles. The second-order valence-electron chi connectivity index (χ2n) is 4.61. The van der Waals surface area contributed by atoms with Crippen molar-refractivity contribution in [3.05, 3.63) is 46.6 Å². The average molecular weight is 278 g/mol. The monoisotopic (exact) mass is 277 g/mol. The first-order valence-corrected chi connectivity index (χ1v) is 6.66. The highest BCUT2D eigenvalue weighted by Gasteiger charge is 2.15. The molecule has 1 aromatic carbocycles. The molecule has 3 rings (SSSR count). The van der Waals surface area contributed by atoms with Crippen molar-refractivity contribution in [3.63, 3.8) is 0 Å². The Kier molecular flexibility index (Phi) is 3.34. The van der Waals surface area contributed by atoms with E-state index in [-0.39, 0.29) is 5.02 Å². The van der Waals surface area contributed by atoms with Crippen LogP contribution in [0.2, 0.25) is 5.02 Å². The van der Waals surface area contributed by atoms with Gasteiger partial charge in [-0.15, -0.1) is 0 Å². The van der Waals surface area contributed by atoms with E-state index in [4.69, 9.17) is 11.6 Å². The van der Waals surface area contributed by atoms with Gasteiger partial charge in [-0.2, -0.15) is 0 Å². The molecule has 1 N–H and O–H groups in total. The van der Waals surface area contributed by atoms with Crippen molar-refractivity contribution in [1.29, 1.82) is 0 Å². The molecule has 5 heteroatoms. The van der Waals surface area contributed by atoms with Crippen molar-refractivity contribution in [2.24, 2.45) is 0 Å². The summed E-state index contributed by atoms with van der Waals surface area (Å²) < 4.78 is 13.1. The summed E-state index contributed by atoms with van der Waals surface area (Å²) in [6, 6.07) is 4.56. The maximum atomic E-state index is 13.1. The molecule has 0 unspecified atom stereocenters. The van der Waals surface area contributed by atoms with E-state index < -0.39 is 5.82 Å². The van der Waals surface area contributed by atoms with Crippen molar-refractivity contribution in [1.82, 2.24) is 9.97 Å². The Morgan fingerprint density at radius 3 is 2.84 bits per heavy atom. The fourth-order valence-corrected chi connectivity index (χ4v) is 2.52. The molecule has 1 aromatic heterocycles. The third-order valence-electron chi connectivity index (χ3n) is 3.31. The minimum atomic E-state index is -0.420. The highest BCUT2D eigenvalue weighted by Crippen LogP contribution is 2.28. The molecule has 1 aliphatic rings. The van der Waals surface area contributed by atoms with E-state index in [0.717, 1.165) is 42.0 Å². The zero-order chi connectivity index (χ0) is 13.2. The third-order valence-corrected chi connectivity index (χ3v) is 3.60. The van der Waals surface area contributed by atoms with Gasteiger partial charge in [-0.3, -0.25) is 0 Å². The number of benzene rings is 1. The number of nitrogens with zero attached hydrogens (tertiary/aromatic N) is 2. The smallest absolute Gasteiger partial charge is 0.141 e. The summed E-state index contributed by atoms with van der Waals surface area (Å²) in [7, 11) is 0. The maximum Gasteiger partial charge on any atom is 0.141 e. The van der Waals surface area contributed by atoms with Gasteiger partial charge in [0.15, 0.2) is 0 Å². The van der Waals surface area contributed by atoms with Crippen LogP contribution in [-0.2, 0) is 12.8 Å². The Morgan fingerprint density at radius 2 is 2.00 bits per heavy atom. The maximum absolute atomic E-state index is 13.1. The van der Waals surface area contributed by atoms with Crippen molar-refractivity contribution < 1.29 is 4.39 Å². The predicted molar refractivity (Wildman–Crippen MR) is 73.4 cm³/mol. The number of aromatic nitrogens is 2. The van der Waals surface area contributed by atoms with Crippen LogP contribution in [0.15, 0.2) is 24.5 Å². The van der Waals surface area contributed by atoms with E-state index in [9.17, 15) is 4.39 Å². The zero-order valence-electron chi connectivity index (χ0n) is 10.3. The van der Waals surface area contributed by atoms with Crippen molar-refractivity contribution in [3.8, 4) is 0 Å². The number of nitrogens with one attached hydrogen (secondary N) is 1. The normalized spacial score (nSPS) is 14.0. The van der Waals surface area contributed by atoms with Crippen LogP contribution in [0.1, 0.15) is 24.1 Å². The molecule has 0 saturated carbocycles. The minimum absolute atomic E-state index is 0.105. The summed E-state index contributed by atoms with van der Waals surface area (Å²) in [5, 5.41) is 3.30. The molecule has 0 amide bonds. The molecule has 0 radical (unpaired) electrons. The molecule has 0 spiro atoms. The van der Waals surface area contributed by atoms with Crippen molar-refractivity contribution in [2.75, 3.05) is 5.32 Å². The summed E-state index contributed by atoms with van der Waals surface area (Å²) in [5.74, 6) is 0.379. The molecule has 98 valence electrons. The fourth-order valence-electron chi connectivity index (χ4n) is 2.34.